The summed E-state index contributed by atoms with van der Waals surface area (Å²) in [7, 11) is 0. The van der Waals surface area contributed by atoms with Crippen LogP contribution in [-0.2, 0) is 28.6 Å². The molecular formula is C77H132O6. The third-order valence-corrected chi connectivity index (χ3v) is 15.2. The van der Waals surface area contributed by atoms with Crippen LogP contribution in [0, 0.1) is 0 Å². The molecule has 0 aliphatic carbocycles. The predicted octanol–water partition coefficient (Wildman–Crippen LogP) is 24.6. The fraction of sp³-hybridized carbons (Fsp3) is 0.727. The van der Waals surface area contributed by atoms with E-state index in [1.807, 2.05) is 0 Å². The van der Waals surface area contributed by atoms with Crippen molar-refractivity contribution < 1.29 is 28.6 Å². The van der Waals surface area contributed by atoms with Gasteiger partial charge in [0.25, 0.3) is 0 Å². The molecule has 83 heavy (non-hydrogen) atoms. The minimum Gasteiger partial charge on any atom is -0.462 e. The summed E-state index contributed by atoms with van der Waals surface area (Å²) < 4.78 is 17.0. The summed E-state index contributed by atoms with van der Waals surface area (Å²) >= 11 is 0. The second kappa shape index (κ2) is 70.6. The maximum atomic E-state index is 13.0. The molecule has 0 aromatic rings. The SMILES string of the molecule is CC/C=C\C/C=C\C/C=C\C/C=C\C/C=C\C/C=C\CCCCCCCCCCCCC(=O)OCC(COC(=O)CCCCCCC/C=C\C/C=C\CCC)OC(=O)CCCCCCCCCCCCC/C=C\CCCCCCCCCC. The Balaban J connectivity index is 4.29. The lowest BCUT2D eigenvalue weighted by Crippen LogP contribution is -2.30. The van der Waals surface area contributed by atoms with E-state index in [0.717, 1.165) is 128 Å². The Morgan fingerprint density at radius 1 is 0.253 bits per heavy atom. The van der Waals surface area contributed by atoms with Crippen molar-refractivity contribution in [3.05, 3.63) is 109 Å². The summed E-state index contributed by atoms with van der Waals surface area (Å²) in [5.41, 5.74) is 0. The highest BCUT2D eigenvalue weighted by Gasteiger charge is 2.19. The van der Waals surface area contributed by atoms with Gasteiger partial charge in [-0.25, -0.2) is 0 Å². The van der Waals surface area contributed by atoms with Gasteiger partial charge in [-0.2, -0.15) is 0 Å². The standard InChI is InChI=1S/C77H132O6/c1-4-7-10-13-16-19-22-25-27-29-31-33-35-36-37-38-39-40-42-43-45-47-49-52-55-58-61-64-67-70-76(79)82-73-74(72-81-75(78)69-66-63-60-57-54-51-24-21-18-15-12-9-6-3)83-77(80)71-68-65-62-59-56-53-50-48-46-44-41-34-32-30-28-26-23-20-17-14-11-8-5-2/h7,10,12,15-16,19,21,24-25,27,30-33,36-37,39-40,74H,4-6,8-9,11,13-14,17-18,20,22-23,26,28-29,34-35,38,41-73H2,1-3H3/b10-7-,15-12-,19-16-,24-21-,27-25-,32-30-,33-31-,37-36-,40-39-. The average molecular weight is 1150 g/mol. The Hall–Kier alpha value is -3.93. The molecule has 0 fully saturated rings. The number of unbranched alkanes of at least 4 members (excludes halogenated alkanes) is 35. The third kappa shape index (κ3) is 68.7. The number of allylic oxidation sites excluding steroid dienone is 18. The van der Waals surface area contributed by atoms with E-state index in [1.54, 1.807) is 0 Å². The third-order valence-electron chi connectivity index (χ3n) is 15.2. The number of rotatable bonds is 64. The normalized spacial score (nSPS) is 12.8. The average Bonchev–Trinajstić information content (AvgIpc) is 3.49. The second-order valence-corrected chi connectivity index (χ2v) is 23.4. The van der Waals surface area contributed by atoms with Gasteiger partial charge in [0, 0.05) is 19.3 Å². The first-order valence-electron chi connectivity index (χ1n) is 35.4. The van der Waals surface area contributed by atoms with Crippen LogP contribution in [0.5, 0.6) is 0 Å². The van der Waals surface area contributed by atoms with Crippen LogP contribution in [-0.4, -0.2) is 37.2 Å². The van der Waals surface area contributed by atoms with Crippen LogP contribution in [0.15, 0.2) is 109 Å². The molecule has 0 aromatic heterocycles. The van der Waals surface area contributed by atoms with Crippen molar-refractivity contribution >= 4 is 17.9 Å². The molecule has 1 unspecified atom stereocenters. The van der Waals surface area contributed by atoms with Crippen molar-refractivity contribution in [1.29, 1.82) is 0 Å². The quantitative estimate of drug-likeness (QED) is 0.0261. The van der Waals surface area contributed by atoms with E-state index in [4.69, 9.17) is 14.2 Å². The van der Waals surface area contributed by atoms with Gasteiger partial charge in [0.15, 0.2) is 6.10 Å². The molecular weight excluding hydrogens is 1020 g/mol. The Morgan fingerprint density at radius 3 is 0.795 bits per heavy atom. The lowest BCUT2D eigenvalue weighted by molar-refractivity contribution is -0.167. The number of ether oxygens (including phenoxy) is 3. The van der Waals surface area contributed by atoms with Gasteiger partial charge < -0.3 is 14.2 Å². The van der Waals surface area contributed by atoms with E-state index in [2.05, 4.69) is 130 Å². The number of hydrogen-bond acceptors (Lipinski definition) is 6. The molecule has 0 radical (unpaired) electrons. The van der Waals surface area contributed by atoms with Crippen molar-refractivity contribution in [2.24, 2.45) is 0 Å². The summed E-state index contributed by atoms with van der Waals surface area (Å²) in [6.45, 7) is 6.48. The van der Waals surface area contributed by atoms with Crippen LogP contribution in [0.2, 0.25) is 0 Å². The van der Waals surface area contributed by atoms with E-state index in [0.29, 0.717) is 19.3 Å². The largest absolute Gasteiger partial charge is 0.462 e. The van der Waals surface area contributed by atoms with E-state index < -0.39 is 6.10 Å². The molecule has 0 spiro atoms. The zero-order valence-electron chi connectivity index (χ0n) is 54.7. The summed E-state index contributed by atoms with van der Waals surface area (Å²) in [6.07, 6.45) is 96.8. The zero-order chi connectivity index (χ0) is 59.9. The van der Waals surface area contributed by atoms with E-state index in [9.17, 15) is 14.4 Å². The first kappa shape index (κ1) is 79.1. The van der Waals surface area contributed by atoms with Crippen molar-refractivity contribution in [3.8, 4) is 0 Å². The van der Waals surface area contributed by atoms with Crippen molar-refractivity contribution in [1.82, 2.24) is 0 Å². The molecule has 0 saturated carbocycles. The Morgan fingerprint density at radius 2 is 0.494 bits per heavy atom. The van der Waals surface area contributed by atoms with Crippen molar-refractivity contribution in [2.45, 2.75) is 348 Å². The monoisotopic (exact) mass is 1150 g/mol. The zero-order valence-corrected chi connectivity index (χ0v) is 54.7. The topological polar surface area (TPSA) is 78.9 Å². The van der Waals surface area contributed by atoms with Gasteiger partial charge in [0.1, 0.15) is 13.2 Å². The fourth-order valence-corrected chi connectivity index (χ4v) is 9.95. The van der Waals surface area contributed by atoms with Crippen LogP contribution in [0.25, 0.3) is 0 Å². The first-order chi connectivity index (χ1) is 41.0. The van der Waals surface area contributed by atoms with Gasteiger partial charge in [-0.1, -0.05) is 310 Å². The van der Waals surface area contributed by atoms with E-state index in [-0.39, 0.29) is 31.1 Å². The van der Waals surface area contributed by atoms with Crippen molar-refractivity contribution in [3.63, 3.8) is 0 Å². The van der Waals surface area contributed by atoms with Crippen LogP contribution in [0.1, 0.15) is 342 Å². The molecule has 0 aromatic carbocycles. The lowest BCUT2D eigenvalue weighted by atomic mass is 10.0. The van der Waals surface area contributed by atoms with Crippen LogP contribution in [0.3, 0.4) is 0 Å². The van der Waals surface area contributed by atoms with Crippen molar-refractivity contribution in [2.75, 3.05) is 13.2 Å². The van der Waals surface area contributed by atoms with Gasteiger partial charge in [-0.3, -0.25) is 14.4 Å². The highest BCUT2D eigenvalue weighted by atomic mass is 16.6. The molecule has 0 saturated heterocycles. The Bertz CT molecular complexity index is 1660. The molecule has 476 valence electrons. The Labute approximate surface area is 514 Å². The van der Waals surface area contributed by atoms with Gasteiger partial charge >= 0.3 is 17.9 Å². The number of esters is 3. The summed E-state index contributed by atoms with van der Waals surface area (Å²) in [5, 5.41) is 0. The molecule has 6 heteroatoms. The molecule has 1 atom stereocenters. The van der Waals surface area contributed by atoms with Gasteiger partial charge in [-0.05, 0) is 122 Å². The molecule has 0 heterocycles. The molecule has 0 amide bonds. The highest BCUT2D eigenvalue weighted by molar-refractivity contribution is 5.71. The second-order valence-electron chi connectivity index (χ2n) is 23.4. The van der Waals surface area contributed by atoms with Gasteiger partial charge in [0.2, 0.25) is 0 Å². The van der Waals surface area contributed by atoms with Gasteiger partial charge in [0.05, 0.1) is 0 Å². The number of carbonyl (C=O) groups excluding carboxylic acids is 3. The molecule has 0 aliphatic rings. The molecule has 0 N–H and O–H groups in total. The summed E-state index contributed by atoms with van der Waals surface area (Å²) in [6, 6.07) is 0. The molecule has 6 nitrogen and oxygen atoms in total. The van der Waals surface area contributed by atoms with Crippen LogP contribution < -0.4 is 0 Å². The predicted molar refractivity (Wildman–Crippen MR) is 362 cm³/mol. The summed E-state index contributed by atoms with van der Waals surface area (Å²) in [5.74, 6) is -0.890. The number of carbonyl (C=O) groups is 3. The van der Waals surface area contributed by atoms with E-state index >= 15 is 0 Å². The van der Waals surface area contributed by atoms with Crippen LogP contribution in [0.4, 0.5) is 0 Å². The number of hydrogen-bond donors (Lipinski definition) is 0. The van der Waals surface area contributed by atoms with E-state index in [1.165, 1.54) is 173 Å². The maximum Gasteiger partial charge on any atom is 0.306 e. The minimum atomic E-state index is -0.789. The molecule has 0 aliphatic heterocycles. The van der Waals surface area contributed by atoms with Crippen LogP contribution >= 0.6 is 0 Å². The lowest BCUT2D eigenvalue weighted by Gasteiger charge is -2.18. The maximum absolute atomic E-state index is 13.0. The highest BCUT2D eigenvalue weighted by Crippen LogP contribution is 2.17. The minimum absolute atomic E-state index is 0.0842. The smallest absolute Gasteiger partial charge is 0.306 e. The molecule has 0 rings (SSSR count). The molecule has 0 bridgehead atoms. The Kier molecular flexibility index (Phi) is 67.2. The van der Waals surface area contributed by atoms with Gasteiger partial charge in [-0.15, -0.1) is 0 Å². The summed E-state index contributed by atoms with van der Waals surface area (Å²) in [4.78, 5) is 38.4. The first-order valence-corrected chi connectivity index (χ1v) is 35.4. The fourth-order valence-electron chi connectivity index (χ4n) is 9.95.